The third-order valence-electron chi connectivity index (χ3n) is 3.42. The zero-order chi connectivity index (χ0) is 14.5. The second kappa shape index (κ2) is 6.78. The number of nitrogen functional groups attached to an aromatic ring is 1. The van der Waals surface area contributed by atoms with Gasteiger partial charge in [0.1, 0.15) is 0 Å². The average Bonchev–Trinajstić information content (AvgIpc) is 2.40. The maximum Gasteiger partial charge on any atom is 0.0437 e. The van der Waals surface area contributed by atoms with Crippen molar-refractivity contribution >= 4 is 17.3 Å². The molecule has 106 valence electrons. The van der Waals surface area contributed by atoms with Crippen LogP contribution in [0.5, 0.6) is 0 Å². The smallest absolute Gasteiger partial charge is 0.0437 e. The minimum absolute atomic E-state index is 0.821. The van der Waals surface area contributed by atoms with E-state index in [0.717, 1.165) is 35.8 Å². The van der Waals surface area contributed by atoms with Gasteiger partial charge in [0, 0.05) is 23.8 Å². The van der Waals surface area contributed by atoms with Crippen LogP contribution in [-0.4, -0.2) is 18.5 Å². The maximum absolute atomic E-state index is 6.15. The molecule has 2 aromatic carbocycles. The molecule has 2 nitrogen and oxygen atoms in total. The fraction of sp³-hybridized carbons (Fsp3) is 0.294. The van der Waals surface area contributed by atoms with Gasteiger partial charge in [-0.1, -0.05) is 35.9 Å². The van der Waals surface area contributed by atoms with E-state index in [0.29, 0.717) is 0 Å². The van der Waals surface area contributed by atoms with Crippen molar-refractivity contribution in [2.75, 3.05) is 19.3 Å². The monoisotopic (exact) mass is 288 g/mol. The van der Waals surface area contributed by atoms with Gasteiger partial charge < -0.3 is 10.6 Å². The highest BCUT2D eigenvalue weighted by molar-refractivity contribution is 6.31. The van der Waals surface area contributed by atoms with Crippen LogP contribution in [0.3, 0.4) is 0 Å². The summed E-state index contributed by atoms with van der Waals surface area (Å²) >= 11 is 6.15. The maximum atomic E-state index is 6.15. The Kier molecular flexibility index (Phi) is 5.05. The van der Waals surface area contributed by atoms with Crippen LogP contribution in [0.4, 0.5) is 5.69 Å². The molecule has 0 heterocycles. The van der Waals surface area contributed by atoms with Crippen LogP contribution in [0.2, 0.25) is 5.02 Å². The first-order valence-corrected chi connectivity index (χ1v) is 7.20. The van der Waals surface area contributed by atoms with Crippen molar-refractivity contribution in [1.29, 1.82) is 0 Å². The van der Waals surface area contributed by atoms with Crippen LogP contribution in [0, 0.1) is 6.92 Å². The van der Waals surface area contributed by atoms with E-state index in [-0.39, 0.29) is 0 Å². The Morgan fingerprint density at radius 2 is 1.90 bits per heavy atom. The Labute approximate surface area is 126 Å². The number of aryl methyl sites for hydroxylation is 1. The summed E-state index contributed by atoms with van der Waals surface area (Å²) in [4.78, 5) is 2.29. The van der Waals surface area contributed by atoms with E-state index in [2.05, 4.69) is 36.2 Å². The van der Waals surface area contributed by atoms with Crippen molar-refractivity contribution < 1.29 is 0 Å². The number of halogens is 1. The van der Waals surface area contributed by atoms with Gasteiger partial charge in [0.05, 0.1) is 0 Å². The third kappa shape index (κ3) is 4.26. The molecule has 20 heavy (non-hydrogen) atoms. The Morgan fingerprint density at radius 1 is 1.10 bits per heavy atom. The van der Waals surface area contributed by atoms with Gasteiger partial charge in [0.25, 0.3) is 0 Å². The summed E-state index contributed by atoms with van der Waals surface area (Å²) in [6, 6.07) is 14.3. The van der Waals surface area contributed by atoms with Gasteiger partial charge in [0.15, 0.2) is 0 Å². The first-order valence-electron chi connectivity index (χ1n) is 6.82. The summed E-state index contributed by atoms with van der Waals surface area (Å²) in [5.41, 5.74) is 10.3. The van der Waals surface area contributed by atoms with Crippen LogP contribution in [0.25, 0.3) is 0 Å². The highest BCUT2D eigenvalue weighted by atomic mass is 35.5. The molecular weight excluding hydrogens is 268 g/mol. The largest absolute Gasteiger partial charge is 0.399 e. The quantitative estimate of drug-likeness (QED) is 0.846. The van der Waals surface area contributed by atoms with E-state index in [1.807, 2.05) is 25.1 Å². The molecular formula is C17H21ClN2. The zero-order valence-electron chi connectivity index (χ0n) is 12.1. The number of likely N-dealkylation sites (N-methyl/N-ethyl adjacent to an activating group) is 1. The van der Waals surface area contributed by atoms with Crippen LogP contribution in [-0.2, 0) is 13.0 Å². The predicted octanol–water partition coefficient (Wildman–Crippen LogP) is 3.91. The molecule has 2 aromatic rings. The molecule has 0 fully saturated rings. The average molecular weight is 289 g/mol. The van der Waals surface area contributed by atoms with Crippen LogP contribution in [0.15, 0.2) is 42.5 Å². The molecule has 2 N–H and O–H groups in total. The summed E-state index contributed by atoms with van der Waals surface area (Å²) in [5, 5.41) is 0.848. The molecule has 3 heteroatoms. The molecule has 0 unspecified atom stereocenters. The number of rotatable bonds is 5. The van der Waals surface area contributed by atoms with Crippen LogP contribution >= 0.6 is 11.6 Å². The Morgan fingerprint density at radius 3 is 2.60 bits per heavy atom. The second-order valence-electron chi connectivity index (χ2n) is 5.32. The van der Waals surface area contributed by atoms with E-state index in [9.17, 15) is 0 Å². The van der Waals surface area contributed by atoms with Crippen molar-refractivity contribution in [2.45, 2.75) is 19.9 Å². The van der Waals surface area contributed by atoms with Gasteiger partial charge in [-0.3, -0.25) is 0 Å². The number of hydrogen-bond donors (Lipinski definition) is 1. The molecule has 0 radical (unpaired) electrons. The molecule has 0 aromatic heterocycles. The van der Waals surface area contributed by atoms with E-state index in [4.69, 9.17) is 17.3 Å². The van der Waals surface area contributed by atoms with Gasteiger partial charge in [0.2, 0.25) is 0 Å². The fourth-order valence-electron chi connectivity index (χ4n) is 2.19. The van der Waals surface area contributed by atoms with E-state index in [1.165, 1.54) is 11.1 Å². The molecule has 0 amide bonds. The standard InChI is InChI=1S/C17H21ClN2/c1-13-6-7-14(11-17(13)18)8-9-20(2)12-15-4-3-5-16(19)10-15/h3-7,10-11H,8-9,12,19H2,1-2H3. The first kappa shape index (κ1) is 14.9. The second-order valence-corrected chi connectivity index (χ2v) is 5.72. The van der Waals surface area contributed by atoms with Crippen molar-refractivity contribution in [3.8, 4) is 0 Å². The normalized spacial score (nSPS) is 11.0. The third-order valence-corrected chi connectivity index (χ3v) is 3.83. The molecule has 0 aliphatic carbocycles. The Balaban J connectivity index is 1.88. The number of nitrogens with zero attached hydrogens (tertiary/aromatic N) is 1. The molecule has 0 bridgehead atoms. The van der Waals surface area contributed by atoms with E-state index in [1.54, 1.807) is 0 Å². The number of anilines is 1. The summed E-state index contributed by atoms with van der Waals surface area (Å²) in [6.07, 6.45) is 0.999. The molecule has 0 aliphatic heterocycles. The van der Waals surface area contributed by atoms with Crippen molar-refractivity contribution in [2.24, 2.45) is 0 Å². The summed E-state index contributed by atoms with van der Waals surface area (Å²) in [7, 11) is 2.12. The topological polar surface area (TPSA) is 29.3 Å². The van der Waals surface area contributed by atoms with Gasteiger partial charge >= 0.3 is 0 Å². The summed E-state index contributed by atoms with van der Waals surface area (Å²) in [5.74, 6) is 0. The zero-order valence-corrected chi connectivity index (χ0v) is 12.8. The molecule has 0 aliphatic rings. The number of benzene rings is 2. The summed E-state index contributed by atoms with van der Waals surface area (Å²) in [6.45, 7) is 3.93. The van der Waals surface area contributed by atoms with Crippen LogP contribution in [0.1, 0.15) is 16.7 Å². The minimum atomic E-state index is 0.821. The van der Waals surface area contributed by atoms with Crippen LogP contribution < -0.4 is 5.73 Å². The Bertz CT molecular complexity index is 581. The minimum Gasteiger partial charge on any atom is -0.399 e. The molecule has 0 saturated carbocycles. The lowest BCUT2D eigenvalue weighted by atomic mass is 10.1. The van der Waals surface area contributed by atoms with Gasteiger partial charge in [-0.2, -0.15) is 0 Å². The Hall–Kier alpha value is -1.51. The number of hydrogen-bond acceptors (Lipinski definition) is 2. The lowest BCUT2D eigenvalue weighted by molar-refractivity contribution is 0.331. The van der Waals surface area contributed by atoms with Gasteiger partial charge in [-0.15, -0.1) is 0 Å². The highest BCUT2D eigenvalue weighted by Gasteiger charge is 2.03. The lowest BCUT2D eigenvalue weighted by Gasteiger charge is -2.17. The number of nitrogens with two attached hydrogens (primary N) is 1. The summed E-state index contributed by atoms with van der Waals surface area (Å²) < 4.78 is 0. The van der Waals surface area contributed by atoms with E-state index < -0.39 is 0 Å². The highest BCUT2D eigenvalue weighted by Crippen LogP contribution is 2.17. The predicted molar refractivity (Wildman–Crippen MR) is 87.1 cm³/mol. The van der Waals surface area contributed by atoms with Gasteiger partial charge in [-0.25, -0.2) is 0 Å². The fourth-order valence-corrected chi connectivity index (χ4v) is 2.40. The molecule has 0 saturated heterocycles. The first-order chi connectivity index (χ1) is 9.54. The van der Waals surface area contributed by atoms with Gasteiger partial charge in [-0.05, 0) is 55.3 Å². The van der Waals surface area contributed by atoms with Crippen molar-refractivity contribution in [3.63, 3.8) is 0 Å². The SMILES string of the molecule is Cc1ccc(CCN(C)Cc2cccc(N)c2)cc1Cl. The molecule has 0 spiro atoms. The molecule has 2 rings (SSSR count). The lowest BCUT2D eigenvalue weighted by Crippen LogP contribution is -2.20. The van der Waals surface area contributed by atoms with Crippen molar-refractivity contribution in [1.82, 2.24) is 4.90 Å². The molecule has 0 atom stereocenters. The van der Waals surface area contributed by atoms with Crippen molar-refractivity contribution in [3.05, 3.63) is 64.2 Å². The van der Waals surface area contributed by atoms with E-state index >= 15 is 0 Å².